The van der Waals surface area contributed by atoms with Crippen LogP contribution in [0.1, 0.15) is 20.3 Å². The number of pyridine rings is 1. The van der Waals surface area contributed by atoms with E-state index in [0.29, 0.717) is 19.7 Å². The molecule has 2 fully saturated rings. The second kappa shape index (κ2) is 7.66. The number of carboxylic acid groups (broad SMARTS) is 1. The molecule has 0 spiro atoms. The van der Waals surface area contributed by atoms with Gasteiger partial charge in [-0.05, 0) is 32.4 Å². The zero-order chi connectivity index (χ0) is 23.4. The van der Waals surface area contributed by atoms with Gasteiger partial charge in [-0.3, -0.25) is 4.79 Å². The normalized spacial score (nSPS) is 23.2. The lowest BCUT2D eigenvalue weighted by molar-refractivity contribution is 0.0126. The highest BCUT2D eigenvalue weighted by atomic mass is 19.3. The minimum Gasteiger partial charge on any atom is -0.449 e. The predicted octanol–water partition coefficient (Wildman–Crippen LogP) is 2.75. The number of ether oxygens (including phenoxy) is 2. The van der Waals surface area contributed by atoms with Gasteiger partial charge in [0.1, 0.15) is 11.4 Å². The van der Waals surface area contributed by atoms with Crippen LogP contribution in [0.4, 0.5) is 23.7 Å². The quantitative estimate of drug-likeness (QED) is 0.668. The van der Waals surface area contributed by atoms with E-state index in [9.17, 15) is 18.4 Å². The van der Waals surface area contributed by atoms with Gasteiger partial charge in [0.15, 0.2) is 5.75 Å². The van der Waals surface area contributed by atoms with Gasteiger partial charge >= 0.3 is 6.16 Å². The molecule has 3 N–H and O–H groups in total. The molecule has 1 aromatic heterocycles. The van der Waals surface area contributed by atoms with Crippen molar-refractivity contribution in [2.24, 2.45) is 11.7 Å². The van der Waals surface area contributed by atoms with E-state index in [1.807, 2.05) is 0 Å². The standard InChI is InChI=1S/C21H24F3N3O5/c1-20(2,18(23)24)27-8-16(32-19(29)30)17(28)12-5-13(22)15(6-14(12)27)26-7-11-3-4-31-21(11,9-25)10-26/h5-6,8,11,18H,3-4,7,9-10,25H2,1-2H3,(H,29,30). The molecule has 2 aliphatic heterocycles. The first-order chi connectivity index (χ1) is 15.0. The van der Waals surface area contributed by atoms with Gasteiger partial charge < -0.3 is 29.8 Å². The summed E-state index contributed by atoms with van der Waals surface area (Å²) in [6.07, 6.45) is -2.95. The Kier molecular flexibility index (Phi) is 5.36. The molecule has 1 aromatic carbocycles. The van der Waals surface area contributed by atoms with Crippen molar-refractivity contribution in [1.82, 2.24) is 4.57 Å². The van der Waals surface area contributed by atoms with E-state index in [-0.39, 0.29) is 29.1 Å². The Morgan fingerprint density at radius 3 is 2.75 bits per heavy atom. The van der Waals surface area contributed by atoms with E-state index in [0.717, 1.165) is 23.3 Å². The van der Waals surface area contributed by atoms with Crippen molar-refractivity contribution in [3.8, 4) is 5.75 Å². The number of anilines is 1. The Labute approximate surface area is 181 Å². The van der Waals surface area contributed by atoms with Crippen molar-refractivity contribution in [2.45, 2.75) is 37.8 Å². The van der Waals surface area contributed by atoms with Crippen LogP contribution in [0.3, 0.4) is 0 Å². The fourth-order valence-electron chi connectivity index (χ4n) is 4.65. The summed E-state index contributed by atoms with van der Waals surface area (Å²) < 4.78 is 54.3. The summed E-state index contributed by atoms with van der Waals surface area (Å²) in [4.78, 5) is 25.5. The summed E-state index contributed by atoms with van der Waals surface area (Å²) in [5.74, 6) is -1.32. The van der Waals surface area contributed by atoms with Crippen LogP contribution in [0.15, 0.2) is 23.1 Å². The van der Waals surface area contributed by atoms with Gasteiger partial charge in [-0.2, -0.15) is 0 Å². The molecule has 0 aliphatic carbocycles. The number of halogens is 3. The summed E-state index contributed by atoms with van der Waals surface area (Å²) in [6.45, 7) is 4.10. The van der Waals surface area contributed by atoms with Crippen LogP contribution in [-0.4, -0.2) is 54.1 Å². The molecular weight excluding hydrogens is 431 g/mol. The zero-order valence-corrected chi connectivity index (χ0v) is 17.6. The average Bonchev–Trinajstić information content (AvgIpc) is 3.27. The lowest BCUT2D eigenvalue weighted by atomic mass is 9.91. The molecule has 11 heteroatoms. The topological polar surface area (TPSA) is 107 Å². The number of fused-ring (bicyclic) bond motifs is 2. The van der Waals surface area contributed by atoms with Crippen molar-refractivity contribution in [2.75, 3.05) is 31.1 Å². The average molecular weight is 455 g/mol. The molecule has 2 aromatic rings. The maximum atomic E-state index is 15.2. The number of benzene rings is 1. The highest BCUT2D eigenvalue weighted by molar-refractivity contribution is 5.85. The first kappa shape index (κ1) is 22.4. The van der Waals surface area contributed by atoms with Crippen LogP contribution in [0.2, 0.25) is 0 Å². The molecule has 4 rings (SSSR count). The molecule has 2 unspecified atom stereocenters. The summed E-state index contributed by atoms with van der Waals surface area (Å²) in [5, 5.41) is 8.65. The molecule has 0 amide bonds. The smallest absolute Gasteiger partial charge is 0.449 e. The summed E-state index contributed by atoms with van der Waals surface area (Å²) in [7, 11) is 0. The van der Waals surface area contributed by atoms with E-state index in [1.54, 1.807) is 4.90 Å². The number of carbonyl (C=O) groups is 1. The Bertz CT molecular complexity index is 1140. The van der Waals surface area contributed by atoms with Crippen LogP contribution in [0.25, 0.3) is 10.9 Å². The zero-order valence-electron chi connectivity index (χ0n) is 17.6. The monoisotopic (exact) mass is 455 g/mol. The van der Waals surface area contributed by atoms with Crippen molar-refractivity contribution < 1.29 is 32.5 Å². The van der Waals surface area contributed by atoms with Crippen LogP contribution < -0.4 is 20.8 Å². The third-order valence-corrected chi connectivity index (χ3v) is 6.58. The number of nitrogens with two attached hydrogens (primary N) is 1. The van der Waals surface area contributed by atoms with E-state index < -0.39 is 40.7 Å². The molecular formula is C21H24F3N3O5. The van der Waals surface area contributed by atoms with Crippen LogP contribution in [0, 0.1) is 11.7 Å². The molecule has 174 valence electrons. The third kappa shape index (κ3) is 3.39. The fraction of sp³-hybridized carbons (Fsp3) is 0.524. The first-order valence-corrected chi connectivity index (χ1v) is 10.2. The highest BCUT2D eigenvalue weighted by Crippen LogP contribution is 2.42. The molecule has 2 atom stereocenters. The lowest BCUT2D eigenvalue weighted by Crippen LogP contribution is -2.44. The second-order valence-corrected chi connectivity index (χ2v) is 8.82. The van der Waals surface area contributed by atoms with Crippen molar-refractivity contribution in [3.63, 3.8) is 0 Å². The second-order valence-electron chi connectivity index (χ2n) is 8.82. The molecule has 2 saturated heterocycles. The molecule has 0 bridgehead atoms. The number of hydrogen-bond acceptors (Lipinski definition) is 6. The fourth-order valence-corrected chi connectivity index (χ4v) is 4.65. The Balaban J connectivity index is 1.91. The number of alkyl halides is 2. The Morgan fingerprint density at radius 2 is 2.16 bits per heavy atom. The number of nitrogens with zero attached hydrogens (tertiary/aromatic N) is 2. The maximum absolute atomic E-state index is 15.2. The molecule has 8 nitrogen and oxygen atoms in total. The van der Waals surface area contributed by atoms with Gasteiger partial charge in [0.05, 0.1) is 28.3 Å². The van der Waals surface area contributed by atoms with E-state index in [1.165, 1.54) is 19.9 Å². The van der Waals surface area contributed by atoms with Gasteiger partial charge in [-0.25, -0.2) is 18.0 Å². The summed E-state index contributed by atoms with van der Waals surface area (Å²) in [5.41, 5.74) is 2.75. The molecule has 32 heavy (non-hydrogen) atoms. The number of rotatable bonds is 5. The van der Waals surface area contributed by atoms with E-state index >= 15 is 4.39 Å². The Hall–Kier alpha value is -2.79. The lowest BCUT2D eigenvalue weighted by Gasteiger charge is -2.31. The molecule has 0 radical (unpaired) electrons. The van der Waals surface area contributed by atoms with E-state index in [4.69, 9.17) is 15.6 Å². The van der Waals surface area contributed by atoms with Crippen molar-refractivity contribution >= 4 is 22.7 Å². The van der Waals surface area contributed by atoms with E-state index in [2.05, 4.69) is 4.74 Å². The van der Waals surface area contributed by atoms with Crippen LogP contribution in [0.5, 0.6) is 5.75 Å². The largest absolute Gasteiger partial charge is 0.511 e. The maximum Gasteiger partial charge on any atom is 0.511 e. The molecule has 3 heterocycles. The van der Waals surface area contributed by atoms with Gasteiger partial charge in [0, 0.05) is 32.2 Å². The predicted molar refractivity (Wildman–Crippen MR) is 110 cm³/mol. The number of hydrogen-bond donors (Lipinski definition) is 2. The SMILES string of the molecule is CC(C)(C(F)F)n1cc(OC(=O)O)c(=O)c2cc(F)c(N3CC4CCOC4(CN)C3)cc21. The van der Waals surface area contributed by atoms with Crippen molar-refractivity contribution in [1.29, 1.82) is 0 Å². The highest BCUT2D eigenvalue weighted by Gasteiger charge is 2.50. The summed E-state index contributed by atoms with van der Waals surface area (Å²) >= 11 is 0. The molecule has 2 aliphatic rings. The van der Waals surface area contributed by atoms with Gasteiger partial charge in [0.25, 0.3) is 6.43 Å². The number of aromatic nitrogens is 1. The third-order valence-electron chi connectivity index (χ3n) is 6.58. The minimum absolute atomic E-state index is 0.0363. The van der Waals surface area contributed by atoms with Crippen LogP contribution >= 0.6 is 0 Å². The van der Waals surface area contributed by atoms with Crippen molar-refractivity contribution in [3.05, 3.63) is 34.4 Å². The first-order valence-electron chi connectivity index (χ1n) is 10.2. The molecule has 0 saturated carbocycles. The van der Waals surface area contributed by atoms with Gasteiger partial charge in [-0.1, -0.05) is 0 Å². The van der Waals surface area contributed by atoms with Gasteiger partial charge in [0.2, 0.25) is 5.43 Å². The van der Waals surface area contributed by atoms with Crippen LogP contribution in [-0.2, 0) is 10.3 Å². The summed E-state index contributed by atoms with van der Waals surface area (Å²) in [6, 6.07) is 2.27. The van der Waals surface area contributed by atoms with Gasteiger partial charge in [-0.15, -0.1) is 0 Å². The Morgan fingerprint density at radius 1 is 1.44 bits per heavy atom. The minimum atomic E-state index is -2.88.